The van der Waals surface area contributed by atoms with E-state index < -0.39 is 0 Å². The minimum Gasteiger partial charge on any atom is -0.381 e. The maximum absolute atomic E-state index is 10.6. The Bertz CT molecular complexity index is 464. The van der Waals surface area contributed by atoms with E-state index in [0.717, 1.165) is 44.5 Å². The van der Waals surface area contributed by atoms with E-state index in [1.54, 1.807) is 6.08 Å². The highest BCUT2D eigenvalue weighted by Crippen LogP contribution is 2.44. The minimum absolute atomic E-state index is 0.271. The van der Waals surface area contributed by atoms with Gasteiger partial charge < -0.3 is 4.74 Å². The molecule has 0 aromatic heterocycles. The lowest BCUT2D eigenvalue weighted by Crippen LogP contribution is -2.31. The van der Waals surface area contributed by atoms with Gasteiger partial charge in [-0.25, -0.2) is 4.79 Å². The van der Waals surface area contributed by atoms with E-state index in [1.165, 1.54) is 5.56 Å². The Kier molecular flexibility index (Phi) is 3.02. The Hall–Kier alpha value is -1.44. The third-order valence-corrected chi connectivity index (χ3v) is 4.29. The van der Waals surface area contributed by atoms with Crippen molar-refractivity contribution in [3.05, 3.63) is 35.4 Å². The number of aliphatic imine (C=N–C) groups is 1. The van der Waals surface area contributed by atoms with E-state index in [2.05, 4.69) is 29.3 Å². The molecular formula is C15H17NO2. The SMILES string of the molecule is O=C=NC1(c2ccc(C3CCOC3)cc2)CCC1. The van der Waals surface area contributed by atoms with Crippen LogP contribution in [-0.2, 0) is 15.1 Å². The van der Waals surface area contributed by atoms with E-state index in [4.69, 9.17) is 4.74 Å². The first kappa shape index (κ1) is 11.6. The van der Waals surface area contributed by atoms with Gasteiger partial charge in [-0.1, -0.05) is 24.3 Å². The Morgan fingerprint density at radius 3 is 2.56 bits per heavy atom. The van der Waals surface area contributed by atoms with E-state index in [0.29, 0.717) is 5.92 Å². The fraction of sp³-hybridized carbons (Fsp3) is 0.533. The molecule has 1 atom stereocenters. The molecule has 0 spiro atoms. The predicted molar refractivity (Wildman–Crippen MR) is 68.3 cm³/mol. The van der Waals surface area contributed by atoms with Gasteiger partial charge >= 0.3 is 0 Å². The lowest BCUT2D eigenvalue weighted by atomic mass is 9.72. The van der Waals surface area contributed by atoms with Gasteiger partial charge in [0.2, 0.25) is 6.08 Å². The molecule has 1 unspecified atom stereocenters. The summed E-state index contributed by atoms with van der Waals surface area (Å²) in [5.41, 5.74) is 2.22. The van der Waals surface area contributed by atoms with Crippen molar-refractivity contribution in [2.75, 3.05) is 13.2 Å². The second-order valence-electron chi connectivity index (χ2n) is 5.27. The van der Waals surface area contributed by atoms with Crippen molar-refractivity contribution >= 4 is 6.08 Å². The molecule has 0 N–H and O–H groups in total. The number of ether oxygens (including phenoxy) is 1. The number of carbonyl (C=O) groups excluding carboxylic acids is 1. The van der Waals surface area contributed by atoms with Gasteiger partial charge in [0, 0.05) is 12.5 Å². The summed E-state index contributed by atoms with van der Waals surface area (Å²) in [4.78, 5) is 14.6. The summed E-state index contributed by atoms with van der Waals surface area (Å²) < 4.78 is 5.41. The second kappa shape index (κ2) is 4.68. The van der Waals surface area contributed by atoms with Gasteiger partial charge in [0.1, 0.15) is 0 Å². The van der Waals surface area contributed by atoms with Crippen LogP contribution < -0.4 is 0 Å². The van der Waals surface area contributed by atoms with Gasteiger partial charge in [-0.2, -0.15) is 4.99 Å². The maximum Gasteiger partial charge on any atom is 0.235 e. The van der Waals surface area contributed by atoms with E-state index >= 15 is 0 Å². The number of rotatable bonds is 3. The maximum atomic E-state index is 10.6. The van der Waals surface area contributed by atoms with Crippen molar-refractivity contribution in [1.82, 2.24) is 0 Å². The van der Waals surface area contributed by atoms with Crippen LogP contribution in [0.1, 0.15) is 42.7 Å². The predicted octanol–water partition coefficient (Wildman–Crippen LogP) is 2.91. The Balaban J connectivity index is 1.84. The summed E-state index contributed by atoms with van der Waals surface area (Å²) >= 11 is 0. The summed E-state index contributed by atoms with van der Waals surface area (Å²) in [5, 5.41) is 0. The lowest BCUT2D eigenvalue weighted by molar-refractivity contribution is 0.194. The first-order valence-electron chi connectivity index (χ1n) is 6.61. The number of benzene rings is 1. The summed E-state index contributed by atoms with van der Waals surface area (Å²) in [6.07, 6.45) is 5.92. The summed E-state index contributed by atoms with van der Waals surface area (Å²) in [6.45, 7) is 1.70. The number of hydrogen-bond acceptors (Lipinski definition) is 3. The fourth-order valence-corrected chi connectivity index (χ4v) is 2.93. The van der Waals surface area contributed by atoms with Crippen LogP contribution in [-0.4, -0.2) is 19.3 Å². The third-order valence-electron chi connectivity index (χ3n) is 4.29. The van der Waals surface area contributed by atoms with Crippen LogP contribution in [0.5, 0.6) is 0 Å². The molecule has 1 heterocycles. The zero-order valence-corrected chi connectivity index (χ0v) is 10.4. The molecule has 0 amide bonds. The quantitative estimate of drug-likeness (QED) is 0.604. The second-order valence-corrected chi connectivity index (χ2v) is 5.27. The number of hydrogen-bond donors (Lipinski definition) is 0. The van der Waals surface area contributed by atoms with Crippen LogP contribution in [0, 0.1) is 0 Å². The minimum atomic E-state index is -0.271. The third kappa shape index (κ3) is 1.90. The summed E-state index contributed by atoms with van der Waals surface area (Å²) in [7, 11) is 0. The fourth-order valence-electron chi connectivity index (χ4n) is 2.93. The van der Waals surface area contributed by atoms with Crippen molar-refractivity contribution < 1.29 is 9.53 Å². The van der Waals surface area contributed by atoms with Gasteiger partial charge in [0.25, 0.3) is 0 Å². The van der Waals surface area contributed by atoms with Crippen molar-refractivity contribution in [2.24, 2.45) is 4.99 Å². The Morgan fingerprint density at radius 2 is 2.06 bits per heavy atom. The average molecular weight is 243 g/mol. The molecular weight excluding hydrogens is 226 g/mol. The van der Waals surface area contributed by atoms with Crippen LogP contribution in [0.15, 0.2) is 29.3 Å². The van der Waals surface area contributed by atoms with Crippen molar-refractivity contribution in [2.45, 2.75) is 37.1 Å². The van der Waals surface area contributed by atoms with Gasteiger partial charge in [-0.15, -0.1) is 0 Å². The molecule has 3 heteroatoms. The molecule has 18 heavy (non-hydrogen) atoms. The highest BCUT2D eigenvalue weighted by atomic mass is 16.5. The molecule has 1 aromatic rings. The largest absolute Gasteiger partial charge is 0.381 e. The van der Waals surface area contributed by atoms with Crippen molar-refractivity contribution in [1.29, 1.82) is 0 Å². The van der Waals surface area contributed by atoms with Crippen LogP contribution >= 0.6 is 0 Å². The van der Waals surface area contributed by atoms with Gasteiger partial charge in [0.15, 0.2) is 0 Å². The Labute approximate surface area is 107 Å². The van der Waals surface area contributed by atoms with Gasteiger partial charge in [-0.3, -0.25) is 0 Å². The molecule has 3 nitrogen and oxygen atoms in total. The summed E-state index contributed by atoms with van der Waals surface area (Å²) in [6, 6.07) is 8.56. The van der Waals surface area contributed by atoms with E-state index in [9.17, 15) is 4.79 Å². The zero-order chi connectivity index (χ0) is 12.4. The zero-order valence-electron chi connectivity index (χ0n) is 10.4. The molecule has 0 radical (unpaired) electrons. The normalized spacial score (nSPS) is 25.2. The monoisotopic (exact) mass is 243 g/mol. The van der Waals surface area contributed by atoms with Gasteiger partial charge in [0.05, 0.1) is 12.1 Å². The van der Waals surface area contributed by atoms with Crippen molar-refractivity contribution in [3.8, 4) is 0 Å². The van der Waals surface area contributed by atoms with Crippen LogP contribution in [0.3, 0.4) is 0 Å². The topological polar surface area (TPSA) is 38.7 Å². The van der Waals surface area contributed by atoms with E-state index in [1.807, 2.05) is 0 Å². The number of isocyanates is 1. The molecule has 94 valence electrons. The van der Waals surface area contributed by atoms with Gasteiger partial charge in [-0.05, 0) is 36.8 Å². The lowest BCUT2D eigenvalue weighted by Gasteiger charge is -2.37. The highest BCUT2D eigenvalue weighted by molar-refractivity contribution is 5.40. The molecule has 1 saturated carbocycles. The molecule has 1 aliphatic heterocycles. The molecule has 3 rings (SSSR count). The molecule has 1 aliphatic carbocycles. The van der Waals surface area contributed by atoms with Crippen LogP contribution in [0.2, 0.25) is 0 Å². The average Bonchev–Trinajstić information content (AvgIpc) is 2.88. The standard InChI is InChI=1S/C15H17NO2/c17-11-16-15(7-1-8-15)14-4-2-12(3-5-14)13-6-9-18-10-13/h2-5,13H,1,6-10H2. The Morgan fingerprint density at radius 1 is 1.28 bits per heavy atom. The molecule has 0 bridgehead atoms. The van der Waals surface area contributed by atoms with Crippen molar-refractivity contribution in [3.63, 3.8) is 0 Å². The van der Waals surface area contributed by atoms with Crippen LogP contribution in [0.25, 0.3) is 0 Å². The molecule has 2 fully saturated rings. The summed E-state index contributed by atoms with van der Waals surface area (Å²) in [5.74, 6) is 0.533. The van der Waals surface area contributed by atoms with Crippen LogP contribution in [0.4, 0.5) is 0 Å². The number of nitrogens with zero attached hydrogens (tertiary/aromatic N) is 1. The first-order chi connectivity index (χ1) is 8.84. The van der Waals surface area contributed by atoms with E-state index in [-0.39, 0.29) is 5.54 Å². The molecule has 2 aliphatic rings. The molecule has 1 aromatic carbocycles. The molecule has 1 saturated heterocycles. The smallest absolute Gasteiger partial charge is 0.235 e. The first-order valence-corrected chi connectivity index (χ1v) is 6.61. The highest BCUT2D eigenvalue weighted by Gasteiger charge is 2.38.